The second-order valence-corrected chi connectivity index (χ2v) is 4.01. The molecule has 2 atom stereocenters. The lowest BCUT2D eigenvalue weighted by atomic mass is 9.91. The molecule has 2 nitrogen and oxygen atoms in total. The van der Waals surface area contributed by atoms with Crippen molar-refractivity contribution in [2.75, 3.05) is 6.54 Å². The molecular formula is C11H16N2. The average Bonchev–Trinajstić information content (AvgIpc) is 2.19. The van der Waals surface area contributed by atoms with Crippen molar-refractivity contribution >= 4 is 0 Å². The predicted molar refractivity (Wildman–Crippen MR) is 53.3 cm³/mol. The zero-order valence-corrected chi connectivity index (χ0v) is 8.27. The quantitative estimate of drug-likeness (QED) is 0.684. The molecule has 2 heteroatoms. The molecule has 0 amide bonds. The minimum absolute atomic E-state index is 0.736. The SMILES string of the molecule is CC1CN(Cc2cccnc2)C1C. The van der Waals surface area contributed by atoms with Gasteiger partial charge in [0.2, 0.25) is 0 Å². The first-order valence-corrected chi connectivity index (χ1v) is 4.90. The lowest BCUT2D eigenvalue weighted by Gasteiger charge is -2.44. The van der Waals surface area contributed by atoms with Crippen LogP contribution in [-0.2, 0) is 6.54 Å². The van der Waals surface area contributed by atoms with Crippen molar-refractivity contribution in [2.45, 2.75) is 26.4 Å². The molecule has 0 aromatic carbocycles. The van der Waals surface area contributed by atoms with Crippen molar-refractivity contribution in [3.05, 3.63) is 30.1 Å². The normalized spacial score (nSPS) is 28.5. The molecule has 0 bridgehead atoms. The fraction of sp³-hybridized carbons (Fsp3) is 0.545. The fourth-order valence-corrected chi connectivity index (χ4v) is 1.85. The summed E-state index contributed by atoms with van der Waals surface area (Å²) in [6.07, 6.45) is 3.78. The summed E-state index contributed by atoms with van der Waals surface area (Å²) in [5.41, 5.74) is 1.32. The molecule has 1 saturated heterocycles. The molecule has 13 heavy (non-hydrogen) atoms. The summed E-state index contributed by atoms with van der Waals surface area (Å²) in [5, 5.41) is 0. The van der Waals surface area contributed by atoms with E-state index >= 15 is 0 Å². The Morgan fingerprint density at radius 2 is 2.38 bits per heavy atom. The first kappa shape index (κ1) is 8.70. The van der Waals surface area contributed by atoms with E-state index in [1.807, 2.05) is 18.5 Å². The first-order valence-electron chi connectivity index (χ1n) is 4.90. The van der Waals surface area contributed by atoms with Crippen LogP contribution in [0.25, 0.3) is 0 Å². The summed E-state index contributed by atoms with van der Waals surface area (Å²) in [4.78, 5) is 6.60. The molecule has 0 saturated carbocycles. The van der Waals surface area contributed by atoms with Gasteiger partial charge in [-0.25, -0.2) is 0 Å². The van der Waals surface area contributed by atoms with Crippen LogP contribution in [0.1, 0.15) is 19.4 Å². The third-order valence-corrected chi connectivity index (χ3v) is 3.03. The van der Waals surface area contributed by atoms with Crippen LogP contribution in [0.5, 0.6) is 0 Å². The van der Waals surface area contributed by atoms with E-state index in [4.69, 9.17) is 0 Å². The first-order chi connectivity index (χ1) is 6.27. The summed E-state index contributed by atoms with van der Waals surface area (Å²) in [6, 6.07) is 4.88. The van der Waals surface area contributed by atoms with Crippen LogP contribution < -0.4 is 0 Å². The van der Waals surface area contributed by atoms with E-state index in [1.54, 1.807) is 0 Å². The molecule has 0 aliphatic carbocycles. The second kappa shape index (κ2) is 3.46. The van der Waals surface area contributed by atoms with Crippen LogP contribution in [0, 0.1) is 5.92 Å². The Bertz CT molecular complexity index is 271. The van der Waals surface area contributed by atoms with Crippen molar-refractivity contribution in [3.63, 3.8) is 0 Å². The van der Waals surface area contributed by atoms with Crippen LogP contribution in [-0.4, -0.2) is 22.5 Å². The van der Waals surface area contributed by atoms with E-state index in [2.05, 4.69) is 29.8 Å². The van der Waals surface area contributed by atoms with Crippen molar-refractivity contribution in [1.82, 2.24) is 9.88 Å². The van der Waals surface area contributed by atoms with E-state index in [0.717, 1.165) is 18.5 Å². The molecule has 0 radical (unpaired) electrons. The third kappa shape index (κ3) is 1.73. The van der Waals surface area contributed by atoms with E-state index in [9.17, 15) is 0 Å². The van der Waals surface area contributed by atoms with Gasteiger partial charge >= 0.3 is 0 Å². The van der Waals surface area contributed by atoms with Gasteiger partial charge in [-0.1, -0.05) is 13.0 Å². The predicted octanol–water partition coefficient (Wildman–Crippen LogP) is 1.92. The molecule has 70 valence electrons. The van der Waals surface area contributed by atoms with Gasteiger partial charge in [0, 0.05) is 31.5 Å². The summed E-state index contributed by atoms with van der Waals surface area (Å²) in [6.45, 7) is 6.89. The summed E-state index contributed by atoms with van der Waals surface area (Å²) < 4.78 is 0. The van der Waals surface area contributed by atoms with Crippen molar-refractivity contribution < 1.29 is 0 Å². The monoisotopic (exact) mass is 176 g/mol. The Morgan fingerprint density at radius 3 is 2.92 bits per heavy atom. The highest BCUT2D eigenvalue weighted by molar-refractivity contribution is 5.09. The Kier molecular flexibility index (Phi) is 2.32. The molecule has 1 aromatic rings. The van der Waals surface area contributed by atoms with Gasteiger partial charge in [-0.05, 0) is 24.5 Å². The molecular weight excluding hydrogens is 160 g/mol. The number of aromatic nitrogens is 1. The maximum absolute atomic E-state index is 4.11. The third-order valence-electron chi connectivity index (χ3n) is 3.03. The number of rotatable bonds is 2. The Balaban J connectivity index is 1.93. The van der Waals surface area contributed by atoms with Gasteiger partial charge in [-0.2, -0.15) is 0 Å². The zero-order valence-electron chi connectivity index (χ0n) is 8.27. The van der Waals surface area contributed by atoms with Gasteiger partial charge in [0.05, 0.1) is 0 Å². The largest absolute Gasteiger partial charge is 0.296 e. The topological polar surface area (TPSA) is 16.1 Å². The highest BCUT2D eigenvalue weighted by Gasteiger charge is 2.31. The molecule has 1 aliphatic rings. The van der Waals surface area contributed by atoms with Crippen molar-refractivity contribution in [2.24, 2.45) is 5.92 Å². The zero-order chi connectivity index (χ0) is 9.26. The van der Waals surface area contributed by atoms with E-state index < -0.39 is 0 Å². The molecule has 2 rings (SSSR count). The van der Waals surface area contributed by atoms with E-state index in [0.29, 0.717) is 0 Å². The van der Waals surface area contributed by atoms with Crippen LogP contribution >= 0.6 is 0 Å². The van der Waals surface area contributed by atoms with Crippen LogP contribution in [0.15, 0.2) is 24.5 Å². The fourth-order valence-electron chi connectivity index (χ4n) is 1.85. The average molecular weight is 176 g/mol. The number of nitrogens with zero attached hydrogens (tertiary/aromatic N) is 2. The molecule has 1 aromatic heterocycles. The van der Waals surface area contributed by atoms with Crippen molar-refractivity contribution in [1.29, 1.82) is 0 Å². The van der Waals surface area contributed by atoms with Gasteiger partial charge in [0.1, 0.15) is 0 Å². The molecule has 2 heterocycles. The van der Waals surface area contributed by atoms with Crippen LogP contribution in [0.2, 0.25) is 0 Å². The summed E-state index contributed by atoms with van der Waals surface area (Å²) in [5.74, 6) is 0.858. The Hall–Kier alpha value is -0.890. The van der Waals surface area contributed by atoms with Gasteiger partial charge in [-0.15, -0.1) is 0 Å². The summed E-state index contributed by atoms with van der Waals surface area (Å²) >= 11 is 0. The molecule has 1 fully saturated rings. The Labute approximate surface area is 79.6 Å². The number of hydrogen-bond acceptors (Lipinski definition) is 2. The standard InChI is InChI=1S/C11H16N2/c1-9-7-13(10(9)2)8-11-4-3-5-12-6-11/h3-6,9-10H,7-8H2,1-2H3. The molecule has 0 spiro atoms. The number of likely N-dealkylation sites (tertiary alicyclic amines) is 1. The van der Waals surface area contributed by atoms with Gasteiger partial charge < -0.3 is 0 Å². The summed E-state index contributed by atoms with van der Waals surface area (Å²) in [7, 11) is 0. The van der Waals surface area contributed by atoms with Crippen LogP contribution in [0.4, 0.5) is 0 Å². The van der Waals surface area contributed by atoms with Gasteiger partial charge in [0.15, 0.2) is 0 Å². The van der Waals surface area contributed by atoms with E-state index in [-0.39, 0.29) is 0 Å². The van der Waals surface area contributed by atoms with Gasteiger partial charge in [0.25, 0.3) is 0 Å². The van der Waals surface area contributed by atoms with Crippen LogP contribution in [0.3, 0.4) is 0 Å². The van der Waals surface area contributed by atoms with Crippen molar-refractivity contribution in [3.8, 4) is 0 Å². The maximum Gasteiger partial charge on any atom is 0.0312 e. The van der Waals surface area contributed by atoms with E-state index in [1.165, 1.54) is 12.1 Å². The molecule has 1 aliphatic heterocycles. The van der Waals surface area contributed by atoms with Gasteiger partial charge in [-0.3, -0.25) is 9.88 Å². The highest BCUT2D eigenvalue weighted by atomic mass is 15.2. The number of hydrogen-bond donors (Lipinski definition) is 0. The Morgan fingerprint density at radius 1 is 1.54 bits per heavy atom. The molecule has 0 N–H and O–H groups in total. The maximum atomic E-state index is 4.11. The minimum atomic E-state index is 0.736. The minimum Gasteiger partial charge on any atom is -0.296 e. The second-order valence-electron chi connectivity index (χ2n) is 4.01. The lowest BCUT2D eigenvalue weighted by Crippen LogP contribution is -2.52. The molecule has 2 unspecified atom stereocenters. The number of pyridine rings is 1. The smallest absolute Gasteiger partial charge is 0.0312 e. The highest BCUT2D eigenvalue weighted by Crippen LogP contribution is 2.25. The lowest BCUT2D eigenvalue weighted by molar-refractivity contribution is 0.0305.